The zero-order valence-electron chi connectivity index (χ0n) is 13.8. The highest BCUT2D eigenvalue weighted by molar-refractivity contribution is 7.88. The summed E-state index contributed by atoms with van der Waals surface area (Å²) in [5.74, 6) is 1.49. The summed E-state index contributed by atoms with van der Waals surface area (Å²) in [6.45, 7) is 2.04. The quantitative estimate of drug-likeness (QED) is 0.691. The summed E-state index contributed by atoms with van der Waals surface area (Å²) in [6, 6.07) is 9.86. The number of hydrogen-bond acceptors (Lipinski definition) is 6. The second-order valence-electron chi connectivity index (χ2n) is 5.98. The zero-order chi connectivity index (χ0) is 17.4. The Labute approximate surface area is 145 Å². The van der Waals surface area contributed by atoms with E-state index in [1.807, 2.05) is 40.9 Å². The standard InChI is InChI=1S/C16H18N6O2S/c1-25(23,24)21-11-9-20(10-12-21)15-16-19-18-14(22(16)8-7-17-15)13-5-3-2-4-6-13/h2-8H,9-12H2,1H3. The summed E-state index contributed by atoms with van der Waals surface area (Å²) >= 11 is 0. The molecule has 1 aromatic carbocycles. The molecule has 0 amide bonds. The van der Waals surface area contributed by atoms with Gasteiger partial charge >= 0.3 is 0 Å². The lowest BCUT2D eigenvalue weighted by Gasteiger charge is -2.33. The van der Waals surface area contributed by atoms with Crippen LogP contribution < -0.4 is 4.90 Å². The maximum absolute atomic E-state index is 11.7. The molecule has 0 aliphatic carbocycles. The van der Waals surface area contributed by atoms with Crippen LogP contribution in [0.15, 0.2) is 42.7 Å². The first kappa shape index (κ1) is 16.0. The smallest absolute Gasteiger partial charge is 0.211 e. The molecule has 9 heteroatoms. The van der Waals surface area contributed by atoms with Gasteiger partial charge in [0, 0.05) is 44.1 Å². The Bertz CT molecular complexity index is 994. The molecule has 3 heterocycles. The average molecular weight is 358 g/mol. The van der Waals surface area contributed by atoms with Crippen LogP contribution in [-0.2, 0) is 10.0 Å². The van der Waals surface area contributed by atoms with E-state index < -0.39 is 10.0 Å². The number of anilines is 1. The van der Waals surface area contributed by atoms with Crippen molar-refractivity contribution in [3.8, 4) is 11.4 Å². The van der Waals surface area contributed by atoms with Crippen LogP contribution in [0.5, 0.6) is 0 Å². The van der Waals surface area contributed by atoms with Gasteiger partial charge in [0.2, 0.25) is 15.7 Å². The van der Waals surface area contributed by atoms with Gasteiger partial charge in [0.15, 0.2) is 11.6 Å². The maximum atomic E-state index is 11.7. The van der Waals surface area contributed by atoms with E-state index in [2.05, 4.69) is 20.1 Å². The minimum atomic E-state index is -3.15. The predicted molar refractivity (Wildman–Crippen MR) is 94.8 cm³/mol. The first-order chi connectivity index (χ1) is 12.0. The molecule has 4 rings (SSSR count). The van der Waals surface area contributed by atoms with Crippen molar-refractivity contribution in [3.05, 3.63) is 42.7 Å². The fourth-order valence-electron chi connectivity index (χ4n) is 3.05. The Kier molecular flexibility index (Phi) is 3.89. The summed E-state index contributed by atoms with van der Waals surface area (Å²) in [5.41, 5.74) is 1.66. The third kappa shape index (κ3) is 2.96. The second kappa shape index (κ2) is 6.08. The number of benzene rings is 1. The van der Waals surface area contributed by atoms with Gasteiger partial charge in [-0.3, -0.25) is 4.40 Å². The first-order valence-corrected chi connectivity index (χ1v) is 9.84. The van der Waals surface area contributed by atoms with Crippen LogP contribution in [0.25, 0.3) is 17.0 Å². The number of piperazine rings is 1. The van der Waals surface area contributed by atoms with Gasteiger partial charge in [-0.1, -0.05) is 30.3 Å². The van der Waals surface area contributed by atoms with Crippen molar-refractivity contribution < 1.29 is 8.42 Å². The Morgan fingerprint density at radius 2 is 1.72 bits per heavy atom. The van der Waals surface area contributed by atoms with Crippen molar-refractivity contribution in [1.82, 2.24) is 23.9 Å². The molecule has 1 aliphatic heterocycles. The van der Waals surface area contributed by atoms with E-state index in [0.29, 0.717) is 31.8 Å². The molecule has 0 N–H and O–H groups in total. The highest BCUT2D eigenvalue weighted by Gasteiger charge is 2.26. The molecule has 2 aromatic heterocycles. The first-order valence-electron chi connectivity index (χ1n) is 7.99. The normalized spacial score (nSPS) is 16.4. The van der Waals surface area contributed by atoms with Gasteiger partial charge in [0.1, 0.15) is 0 Å². The minimum Gasteiger partial charge on any atom is -0.351 e. The number of rotatable bonds is 3. The third-order valence-electron chi connectivity index (χ3n) is 4.35. The van der Waals surface area contributed by atoms with E-state index in [9.17, 15) is 8.42 Å². The van der Waals surface area contributed by atoms with Crippen LogP contribution in [0.4, 0.5) is 5.82 Å². The van der Waals surface area contributed by atoms with Crippen molar-refractivity contribution in [1.29, 1.82) is 0 Å². The number of hydrogen-bond donors (Lipinski definition) is 0. The van der Waals surface area contributed by atoms with Gasteiger partial charge in [-0.25, -0.2) is 13.4 Å². The molecule has 1 fully saturated rings. The Morgan fingerprint density at radius 1 is 1.00 bits per heavy atom. The number of nitrogens with zero attached hydrogens (tertiary/aromatic N) is 6. The third-order valence-corrected chi connectivity index (χ3v) is 5.65. The van der Waals surface area contributed by atoms with Crippen LogP contribution in [0, 0.1) is 0 Å². The molecule has 1 saturated heterocycles. The van der Waals surface area contributed by atoms with Gasteiger partial charge in [-0.15, -0.1) is 10.2 Å². The lowest BCUT2D eigenvalue weighted by Crippen LogP contribution is -2.48. The molecule has 3 aromatic rings. The molecule has 0 bridgehead atoms. The van der Waals surface area contributed by atoms with Crippen LogP contribution in [0.3, 0.4) is 0 Å². The fourth-order valence-corrected chi connectivity index (χ4v) is 3.88. The molecule has 0 spiro atoms. The molecule has 0 radical (unpaired) electrons. The molecule has 25 heavy (non-hydrogen) atoms. The fraction of sp³-hybridized carbons (Fsp3) is 0.312. The second-order valence-corrected chi connectivity index (χ2v) is 7.97. The summed E-state index contributed by atoms with van der Waals surface area (Å²) in [5, 5.41) is 8.63. The van der Waals surface area contributed by atoms with Crippen LogP contribution >= 0.6 is 0 Å². The largest absolute Gasteiger partial charge is 0.351 e. The van der Waals surface area contributed by atoms with Gasteiger partial charge < -0.3 is 4.90 Å². The van der Waals surface area contributed by atoms with Crippen molar-refractivity contribution in [2.75, 3.05) is 37.3 Å². The SMILES string of the molecule is CS(=O)(=O)N1CCN(c2nccn3c(-c4ccccc4)nnc23)CC1. The topological polar surface area (TPSA) is 83.7 Å². The summed E-state index contributed by atoms with van der Waals surface area (Å²) < 4.78 is 26.7. The van der Waals surface area contributed by atoms with Crippen molar-refractivity contribution in [3.63, 3.8) is 0 Å². The molecule has 8 nitrogen and oxygen atoms in total. The van der Waals surface area contributed by atoms with Crippen LogP contribution in [0.2, 0.25) is 0 Å². The van der Waals surface area contributed by atoms with Crippen molar-refractivity contribution in [2.24, 2.45) is 0 Å². The van der Waals surface area contributed by atoms with Gasteiger partial charge in [0.25, 0.3) is 0 Å². The lowest BCUT2D eigenvalue weighted by molar-refractivity contribution is 0.387. The van der Waals surface area contributed by atoms with Gasteiger partial charge in [0.05, 0.1) is 6.26 Å². The number of sulfonamides is 1. The molecule has 130 valence electrons. The molecule has 0 saturated carbocycles. The number of aromatic nitrogens is 4. The van der Waals surface area contributed by atoms with E-state index >= 15 is 0 Å². The van der Waals surface area contributed by atoms with E-state index in [-0.39, 0.29) is 0 Å². The average Bonchev–Trinajstić information content (AvgIpc) is 3.06. The molecule has 0 unspecified atom stereocenters. The van der Waals surface area contributed by atoms with E-state index in [1.165, 1.54) is 10.6 Å². The molecular formula is C16H18N6O2S. The highest BCUT2D eigenvalue weighted by atomic mass is 32.2. The lowest BCUT2D eigenvalue weighted by atomic mass is 10.2. The molecule has 0 atom stereocenters. The minimum absolute atomic E-state index is 0.446. The van der Waals surface area contributed by atoms with Crippen LogP contribution in [-0.4, -0.2) is 64.7 Å². The monoisotopic (exact) mass is 358 g/mol. The molecular weight excluding hydrogens is 340 g/mol. The molecule has 1 aliphatic rings. The maximum Gasteiger partial charge on any atom is 0.211 e. The Morgan fingerprint density at radius 3 is 2.40 bits per heavy atom. The summed E-state index contributed by atoms with van der Waals surface area (Å²) in [6.07, 6.45) is 4.81. The highest BCUT2D eigenvalue weighted by Crippen LogP contribution is 2.24. The van der Waals surface area contributed by atoms with Crippen LogP contribution in [0.1, 0.15) is 0 Å². The predicted octanol–water partition coefficient (Wildman–Crippen LogP) is 0.873. The van der Waals surface area contributed by atoms with Gasteiger partial charge in [-0.2, -0.15) is 4.31 Å². The summed E-state index contributed by atoms with van der Waals surface area (Å²) in [4.78, 5) is 6.52. The number of fused-ring (bicyclic) bond motifs is 1. The van der Waals surface area contributed by atoms with Crippen molar-refractivity contribution >= 4 is 21.5 Å². The zero-order valence-corrected chi connectivity index (χ0v) is 14.6. The Hall–Kier alpha value is -2.52. The summed E-state index contributed by atoms with van der Waals surface area (Å²) in [7, 11) is -3.15. The Balaban J connectivity index is 1.67. The van der Waals surface area contributed by atoms with E-state index in [0.717, 1.165) is 17.2 Å². The van der Waals surface area contributed by atoms with E-state index in [4.69, 9.17) is 0 Å². The van der Waals surface area contributed by atoms with E-state index in [1.54, 1.807) is 6.20 Å². The van der Waals surface area contributed by atoms with Gasteiger partial charge in [-0.05, 0) is 0 Å². The van der Waals surface area contributed by atoms with Crippen molar-refractivity contribution in [2.45, 2.75) is 0 Å².